The van der Waals surface area contributed by atoms with Gasteiger partial charge in [-0.15, -0.1) is 0 Å². The first kappa shape index (κ1) is 51.9. The maximum absolute atomic E-state index is 12.9. The molecule has 0 aliphatic heterocycles. The van der Waals surface area contributed by atoms with E-state index in [9.17, 15) is 17.4 Å². The van der Waals surface area contributed by atoms with Crippen molar-refractivity contribution in [2.45, 2.75) is 61.0 Å². The number of nitroso groups, excluding NO2 is 1. The molecule has 5 N–H and O–H groups in total. The van der Waals surface area contributed by atoms with E-state index in [1.54, 1.807) is 13.8 Å². The summed E-state index contributed by atoms with van der Waals surface area (Å²) >= 11 is 0. The van der Waals surface area contributed by atoms with Crippen LogP contribution in [-0.2, 0) is 32.8 Å². The minimum Gasteiger partial charge on any atom is -0.870 e. The zero-order valence-electron chi connectivity index (χ0n) is 27.7. The number of nitrogens with zero attached hydrogens (tertiary/aromatic N) is 1. The van der Waals surface area contributed by atoms with E-state index in [1.165, 1.54) is 43.6 Å². The summed E-state index contributed by atoms with van der Waals surface area (Å²) in [7, 11) is -0.0918. The standard InChI is InChI=1S/C10H13FO2.C10H15NO2.C9H11FO2.BF2NO.F2.K.H2O/c2*1-7-4-9(11)5-8(2)10(7)6-13-12-3;1-5-3-7(10)4-6(2)8(5)9(11)12;2-1(3)4-5;1-2;;/h4-5H,6H2,1-3H3;4-5H,6,11H2,1-3H3;3-4,9,11-12H,1-2H3;;;;1H2/q;;;;;+1;/p-1. The van der Waals surface area contributed by atoms with E-state index in [4.69, 9.17) is 39.8 Å². The number of aryl methyl sites for hydroxylation is 6. The van der Waals surface area contributed by atoms with Crippen LogP contribution in [-0.4, -0.2) is 37.3 Å². The van der Waals surface area contributed by atoms with Gasteiger partial charge in [0.1, 0.15) is 24.8 Å². The minimum atomic E-state index is -3.05. The van der Waals surface area contributed by atoms with Crippen LogP contribution in [0.3, 0.4) is 0 Å². The molecule has 0 saturated carbocycles. The van der Waals surface area contributed by atoms with Crippen molar-refractivity contribution >= 4 is 13.1 Å². The second kappa shape index (κ2) is 29.0. The first-order chi connectivity index (χ1) is 21.1. The van der Waals surface area contributed by atoms with E-state index in [-0.39, 0.29) is 68.5 Å². The molecule has 0 aliphatic carbocycles. The molecule has 0 bridgehead atoms. The van der Waals surface area contributed by atoms with Crippen molar-refractivity contribution < 1.29 is 113 Å². The summed E-state index contributed by atoms with van der Waals surface area (Å²) in [4.78, 5) is 27.2. The second-order valence-corrected chi connectivity index (χ2v) is 9.22. The molecule has 0 aliphatic rings. The van der Waals surface area contributed by atoms with Gasteiger partial charge in [0.25, 0.3) is 0 Å². The Kier molecular flexibility index (Phi) is 32.0. The van der Waals surface area contributed by atoms with Crippen LogP contribution in [0.25, 0.3) is 0 Å². The average molecular weight is 709 g/mol. The Morgan fingerprint density at radius 3 is 1.26 bits per heavy atom. The summed E-state index contributed by atoms with van der Waals surface area (Å²) in [6, 6.07) is 9.40. The van der Waals surface area contributed by atoms with Gasteiger partial charge < -0.3 is 21.4 Å². The summed E-state index contributed by atoms with van der Waals surface area (Å²) < 4.78 is 62.1. The fourth-order valence-electron chi connectivity index (χ4n) is 3.99. The topological polar surface area (TPSA) is 163 Å². The van der Waals surface area contributed by atoms with Crippen molar-refractivity contribution in [2.24, 2.45) is 5.09 Å². The van der Waals surface area contributed by atoms with Crippen molar-refractivity contribution in [1.82, 2.24) is 0 Å². The van der Waals surface area contributed by atoms with Crippen LogP contribution >= 0.6 is 0 Å². The van der Waals surface area contributed by atoms with E-state index < -0.39 is 13.7 Å². The monoisotopic (exact) mass is 708 g/mol. The third-order valence-electron chi connectivity index (χ3n) is 5.92. The molecule has 3 rings (SSSR count). The smallest absolute Gasteiger partial charge is 0.870 e. The van der Waals surface area contributed by atoms with Crippen LogP contribution in [0.2, 0.25) is 0 Å². The van der Waals surface area contributed by atoms with Gasteiger partial charge in [-0.05, 0) is 128 Å². The van der Waals surface area contributed by atoms with Crippen LogP contribution < -0.4 is 57.1 Å². The quantitative estimate of drug-likeness (QED) is 0.0591. The molecule has 0 amide bonds. The van der Waals surface area contributed by atoms with Gasteiger partial charge in [-0.3, -0.25) is 8.63 Å². The van der Waals surface area contributed by atoms with Gasteiger partial charge in [-0.25, -0.2) is 28.3 Å². The summed E-state index contributed by atoms with van der Waals surface area (Å²) in [5.41, 5.74) is 14.1. The van der Waals surface area contributed by atoms with Crippen molar-refractivity contribution in [3.05, 3.63) is 103 Å². The van der Waals surface area contributed by atoms with E-state index in [2.05, 4.69) is 9.78 Å². The number of benzene rings is 3. The van der Waals surface area contributed by atoms with Crippen LogP contribution in [0, 0.1) is 58.1 Å². The Balaban J connectivity index is -0.000000263. The van der Waals surface area contributed by atoms with Gasteiger partial charge in [-0.2, -0.15) is 4.91 Å². The molecule has 0 fully saturated rings. The number of aliphatic hydroxyl groups excluding tert-OH is 1. The molecule has 0 aromatic heterocycles. The Morgan fingerprint density at radius 1 is 0.723 bits per heavy atom. The Hall–Kier alpha value is -1.94. The molecule has 0 saturated heterocycles. The maximum Gasteiger partial charge on any atom is 1.00 e. The molecule has 3 aromatic carbocycles. The number of rotatable bonds is 8. The Labute approximate surface area is 313 Å². The predicted octanol–water partition coefficient (Wildman–Crippen LogP) is 4.25. The van der Waals surface area contributed by atoms with E-state index in [0.29, 0.717) is 29.9 Å². The van der Waals surface area contributed by atoms with E-state index in [0.717, 1.165) is 39.1 Å². The molecule has 0 heterocycles. The van der Waals surface area contributed by atoms with Crippen molar-refractivity contribution in [3.8, 4) is 0 Å². The molecular weight excluding hydrogens is 668 g/mol. The van der Waals surface area contributed by atoms with E-state index in [1.807, 2.05) is 39.8 Å². The van der Waals surface area contributed by atoms with E-state index >= 15 is 0 Å². The van der Waals surface area contributed by atoms with Crippen LogP contribution in [0.15, 0.2) is 41.5 Å². The Bertz CT molecular complexity index is 1180. The molecule has 10 nitrogen and oxygen atoms in total. The van der Waals surface area contributed by atoms with Gasteiger partial charge in [-0.1, -0.05) is 0 Å². The molecule has 0 radical (unpaired) electrons. The zero-order valence-corrected chi connectivity index (χ0v) is 30.8. The SMILES string of the molecule is COOCc1c(C)cc(F)cc1C.COOCc1c(C)cc(N)cc1C.Cc1cc(F)cc(C)c1C(O)O.FF.O=NB(F)F.[K+].[OH-]. The third kappa shape index (κ3) is 21.6. The van der Waals surface area contributed by atoms with Crippen LogP contribution in [0.4, 0.5) is 32.2 Å². The van der Waals surface area contributed by atoms with Gasteiger partial charge in [0, 0.05) is 20.4 Å². The summed E-state index contributed by atoms with van der Waals surface area (Å²) in [5.74, 6) is -0.564. The largest absolute Gasteiger partial charge is 1.00 e. The number of anilines is 1. The van der Waals surface area contributed by atoms with Crippen molar-refractivity contribution in [2.75, 3.05) is 20.0 Å². The molecule has 0 unspecified atom stereocenters. The van der Waals surface area contributed by atoms with Crippen LogP contribution in [0.1, 0.15) is 56.4 Å². The zero-order chi connectivity index (χ0) is 35.3. The first-order valence-electron chi connectivity index (χ1n) is 12.9. The maximum atomic E-state index is 12.9. The summed E-state index contributed by atoms with van der Waals surface area (Å²) in [5, 5.41) is 19.1. The molecule has 260 valence electrons. The van der Waals surface area contributed by atoms with Crippen molar-refractivity contribution in [3.63, 3.8) is 0 Å². The third-order valence-corrected chi connectivity index (χ3v) is 5.92. The fraction of sp³-hybridized carbons (Fsp3) is 0.379. The number of halogens is 6. The molecule has 3 aromatic rings. The average Bonchev–Trinajstić information content (AvgIpc) is 2.93. The van der Waals surface area contributed by atoms with Gasteiger partial charge >= 0.3 is 58.8 Å². The van der Waals surface area contributed by atoms with Gasteiger partial charge in [0.05, 0.1) is 14.2 Å². The molecule has 0 atom stereocenters. The predicted molar refractivity (Wildman–Crippen MR) is 161 cm³/mol. The number of hydrogen-bond donors (Lipinski definition) is 3. The first-order valence-corrected chi connectivity index (χ1v) is 12.9. The molecule has 47 heavy (non-hydrogen) atoms. The fourth-order valence-corrected chi connectivity index (χ4v) is 3.99. The number of aliphatic hydroxyl groups is 2. The van der Waals surface area contributed by atoms with Crippen LogP contribution in [0.5, 0.6) is 0 Å². The number of nitrogen functional groups attached to an aromatic ring is 1. The minimum absolute atomic E-state index is 0. The molecular formula is C29H40BF6KN2O8. The molecule has 18 heteroatoms. The van der Waals surface area contributed by atoms with Crippen molar-refractivity contribution in [1.29, 1.82) is 0 Å². The molecule has 0 spiro atoms. The number of hydrogen-bond acceptors (Lipinski definition) is 10. The Morgan fingerprint density at radius 2 is 1.00 bits per heavy atom. The van der Waals surface area contributed by atoms with Gasteiger partial charge in [0.2, 0.25) is 0 Å². The van der Waals surface area contributed by atoms with Gasteiger partial charge in [0.15, 0.2) is 6.29 Å². The number of nitrogens with two attached hydrogens (primary N) is 1. The summed E-state index contributed by atoms with van der Waals surface area (Å²) in [6.07, 6.45) is -1.52. The normalized spacial score (nSPS) is 9.38. The second-order valence-electron chi connectivity index (χ2n) is 9.22. The summed E-state index contributed by atoms with van der Waals surface area (Å²) in [6.45, 7) is 11.8.